The van der Waals surface area contributed by atoms with Gasteiger partial charge < -0.3 is 20.8 Å². The molecule has 0 aromatic carbocycles. The van der Waals surface area contributed by atoms with E-state index in [4.69, 9.17) is 5.73 Å². The van der Waals surface area contributed by atoms with Gasteiger partial charge >= 0.3 is 0 Å². The molecule has 30 heavy (non-hydrogen) atoms. The lowest BCUT2D eigenvalue weighted by atomic mass is 9.70. The van der Waals surface area contributed by atoms with E-state index >= 15 is 0 Å². The van der Waals surface area contributed by atoms with Gasteiger partial charge in [0.05, 0.1) is 23.3 Å². The van der Waals surface area contributed by atoms with Crippen molar-refractivity contribution in [3.8, 4) is 0 Å². The van der Waals surface area contributed by atoms with Crippen LogP contribution < -0.4 is 5.73 Å². The predicted octanol–water partition coefficient (Wildman–Crippen LogP) is 3.42. The number of primary amides is 1. The van der Waals surface area contributed by atoms with Crippen LogP contribution in [0.25, 0.3) is 0 Å². The largest absolute Gasteiger partial charge is 0.388 e. The molecule has 0 unspecified atom stereocenters. The van der Waals surface area contributed by atoms with E-state index in [-0.39, 0.29) is 5.91 Å². The Labute approximate surface area is 181 Å². The molecule has 3 aliphatic rings. The van der Waals surface area contributed by atoms with Gasteiger partial charge in [0.1, 0.15) is 5.41 Å². The van der Waals surface area contributed by atoms with Crippen molar-refractivity contribution in [3.63, 3.8) is 0 Å². The van der Waals surface area contributed by atoms with E-state index in [1.807, 2.05) is 13.8 Å². The molecule has 2 atom stereocenters. The lowest BCUT2D eigenvalue weighted by Gasteiger charge is -2.52. The van der Waals surface area contributed by atoms with Crippen LogP contribution >= 0.6 is 0 Å². The molecule has 3 saturated carbocycles. The second-order valence-electron chi connectivity index (χ2n) is 10.4. The summed E-state index contributed by atoms with van der Waals surface area (Å²) in [4.78, 5) is 28.4. The first-order valence-corrected chi connectivity index (χ1v) is 12.2. The van der Waals surface area contributed by atoms with Crippen LogP contribution in [0.3, 0.4) is 0 Å². The van der Waals surface area contributed by atoms with Crippen LogP contribution in [0.4, 0.5) is 0 Å². The van der Waals surface area contributed by atoms with E-state index in [0.717, 1.165) is 57.8 Å². The molecule has 0 aromatic rings. The summed E-state index contributed by atoms with van der Waals surface area (Å²) >= 11 is 0. The minimum absolute atomic E-state index is 0.271. The van der Waals surface area contributed by atoms with Crippen molar-refractivity contribution >= 4 is 11.8 Å². The minimum atomic E-state index is -1.21. The summed E-state index contributed by atoms with van der Waals surface area (Å²) in [6.45, 7) is 3.81. The maximum atomic E-state index is 14.1. The molecule has 2 amide bonds. The Hall–Kier alpha value is -1.14. The van der Waals surface area contributed by atoms with E-state index in [9.17, 15) is 19.8 Å². The number of rotatable bonds is 6. The number of nitrogens with zero attached hydrogens (tertiary/aromatic N) is 1. The van der Waals surface area contributed by atoms with Crippen LogP contribution in [-0.2, 0) is 9.59 Å². The number of carbonyl (C=O) groups is 2. The fraction of sp³-hybridized carbons (Fsp3) is 0.917. The smallest absolute Gasteiger partial charge is 0.238 e. The van der Waals surface area contributed by atoms with Gasteiger partial charge in [-0.15, -0.1) is 0 Å². The van der Waals surface area contributed by atoms with Crippen molar-refractivity contribution < 1.29 is 19.8 Å². The third kappa shape index (κ3) is 4.27. The summed E-state index contributed by atoms with van der Waals surface area (Å²) in [5, 5.41) is 23.0. The van der Waals surface area contributed by atoms with Gasteiger partial charge in [0, 0.05) is 0 Å². The van der Waals surface area contributed by atoms with Gasteiger partial charge in [0.15, 0.2) is 0 Å². The lowest BCUT2D eigenvalue weighted by Crippen LogP contribution is -2.66. The van der Waals surface area contributed by atoms with Crippen LogP contribution in [-0.4, -0.2) is 50.2 Å². The van der Waals surface area contributed by atoms with Crippen molar-refractivity contribution in [2.24, 2.45) is 11.1 Å². The molecule has 0 radical (unpaired) electrons. The molecule has 0 spiro atoms. The molecule has 0 heterocycles. The Morgan fingerprint density at radius 2 is 1.03 bits per heavy atom. The van der Waals surface area contributed by atoms with Gasteiger partial charge in [0.2, 0.25) is 11.8 Å². The Bertz CT molecular complexity index is 587. The first kappa shape index (κ1) is 23.5. The van der Waals surface area contributed by atoms with Gasteiger partial charge in [-0.1, -0.05) is 57.8 Å². The fourth-order valence-corrected chi connectivity index (χ4v) is 6.34. The Morgan fingerprint density at radius 3 is 1.37 bits per heavy atom. The molecule has 0 saturated heterocycles. The highest BCUT2D eigenvalue weighted by Gasteiger charge is 2.54. The van der Waals surface area contributed by atoms with Crippen molar-refractivity contribution in [2.75, 3.05) is 0 Å². The fourth-order valence-electron chi connectivity index (χ4n) is 6.34. The monoisotopic (exact) mass is 422 g/mol. The number of hydrogen-bond donors (Lipinski definition) is 3. The quantitative estimate of drug-likeness (QED) is 0.571. The van der Waals surface area contributed by atoms with Crippen LogP contribution in [0.1, 0.15) is 110 Å². The predicted molar refractivity (Wildman–Crippen MR) is 117 cm³/mol. The summed E-state index contributed by atoms with van der Waals surface area (Å²) in [6, 6.07) is -0.936. The van der Waals surface area contributed by atoms with Crippen molar-refractivity contribution in [3.05, 3.63) is 0 Å². The molecular weight excluding hydrogens is 380 g/mol. The third-order valence-corrected chi connectivity index (χ3v) is 8.65. The molecule has 6 heteroatoms. The summed E-state index contributed by atoms with van der Waals surface area (Å²) < 4.78 is 0. The standard InChI is InChI=1S/C24H42N2O4/c1-18(23(29)14-8-4-9-15-23)26(19(2)24(30)16-10-5-11-17-24)21(28)22(20(25)27)12-6-3-7-13-22/h18-19,29-30H,3-17H2,1-2H3,(H2,25,27)/t18-,19-/m1/s1. The highest BCUT2D eigenvalue weighted by atomic mass is 16.3. The Morgan fingerprint density at radius 1 is 0.700 bits per heavy atom. The van der Waals surface area contributed by atoms with Crippen LogP contribution in [0.2, 0.25) is 0 Å². The van der Waals surface area contributed by atoms with Crippen molar-refractivity contribution in [1.82, 2.24) is 4.90 Å². The van der Waals surface area contributed by atoms with E-state index in [2.05, 4.69) is 0 Å². The second kappa shape index (κ2) is 9.15. The summed E-state index contributed by atoms with van der Waals surface area (Å²) in [5.41, 5.74) is 2.67. The molecular formula is C24H42N2O4. The zero-order valence-corrected chi connectivity index (χ0v) is 19.0. The van der Waals surface area contributed by atoms with Gasteiger partial charge in [0.25, 0.3) is 0 Å². The normalized spacial score (nSPS) is 27.6. The average Bonchev–Trinajstić information content (AvgIpc) is 2.75. The average molecular weight is 423 g/mol. The van der Waals surface area contributed by atoms with Crippen molar-refractivity contribution in [1.29, 1.82) is 0 Å². The number of carbonyl (C=O) groups excluding carboxylic acids is 2. The maximum absolute atomic E-state index is 14.1. The zero-order chi connectivity index (χ0) is 22.0. The number of nitrogens with two attached hydrogens (primary N) is 1. The minimum Gasteiger partial charge on any atom is -0.388 e. The molecule has 0 aromatic heterocycles. The summed E-state index contributed by atoms with van der Waals surface area (Å²) in [5.74, 6) is -0.824. The molecule has 0 aliphatic heterocycles. The Kier molecular flexibility index (Phi) is 7.18. The molecule has 3 rings (SSSR count). The van der Waals surface area contributed by atoms with Gasteiger partial charge in [-0.2, -0.15) is 0 Å². The topological polar surface area (TPSA) is 104 Å². The second-order valence-corrected chi connectivity index (χ2v) is 10.4. The number of amides is 2. The van der Waals surface area contributed by atoms with Crippen LogP contribution in [0.5, 0.6) is 0 Å². The summed E-state index contributed by atoms with van der Waals surface area (Å²) in [7, 11) is 0. The molecule has 0 bridgehead atoms. The first-order chi connectivity index (χ1) is 14.2. The van der Waals surface area contributed by atoms with Crippen molar-refractivity contribution in [2.45, 2.75) is 133 Å². The first-order valence-electron chi connectivity index (χ1n) is 12.2. The Balaban J connectivity index is 1.99. The van der Waals surface area contributed by atoms with Crippen LogP contribution in [0.15, 0.2) is 0 Å². The number of aliphatic hydroxyl groups is 2. The highest BCUT2D eigenvalue weighted by Crippen LogP contribution is 2.44. The molecule has 3 fully saturated rings. The molecule has 6 nitrogen and oxygen atoms in total. The highest BCUT2D eigenvalue weighted by molar-refractivity contribution is 6.04. The SMILES string of the molecule is C[C@@H](N(C(=O)C1(C(N)=O)CCCCC1)[C@H](C)C1(O)CCCCC1)C1(O)CCCCC1. The van der Waals surface area contributed by atoms with E-state index in [0.29, 0.717) is 38.5 Å². The van der Waals surface area contributed by atoms with E-state index < -0.39 is 34.6 Å². The molecule has 3 aliphatic carbocycles. The lowest BCUT2D eigenvalue weighted by molar-refractivity contribution is -0.174. The number of hydrogen-bond acceptors (Lipinski definition) is 4. The molecule has 4 N–H and O–H groups in total. The van der Waals surface area contributed by atoms with Gasteiger partial charge in [-0.05, 0) is 52.4 Å². The van der Waals surface area contributed by atoms with Crippen LogP contribution in [0, 0.1) is 5.41 Å². The van der Waals surface area contributed by atoms with E-state index in [1.165, 1.54) is 0 Å². The third-order valence-electron chi connectivity index (χ3n) is 8.65. The maximum Gasteiger partial charge on any atom is 0.238 e. The zero-order valence-electron chi connectivity index (χ0n) is 19.0. The van der Waals surface area contributed by atoms with Gasteiger partial charge in [-0.25, -0.2) is 0 Å². The van der Waals surface area contributed by atoms with E-state index in [1.54, 1.807) is 4.90 Å². The summed E-state index contributed by atoms with van der Waals surface area (Å²) in [6.07, 6.45) is 12.0. The molecule has 172 valence electrons. The van der Waals surface area contributed by atoms with Gasteiger partial charge in [-0.3, -0.25) is 9.59 Å².